The van der Waals surface area contributed by atoms with Crippen LogP contribution in [-0.2, 0) is 6.54 Å². The summed E-state index contributed by atoms with van der Waals surface area (Å²) < 4.78 is 1.32. The van der Waals surface area contributed by atoms with E-state index in [1.54, 1.807) is 0 Å². The van der Waals surface area contributed by atoms with E-state index in [0.717, 1.165) is 25.7 Å². The van der Waals surface area contributed by atoms with Crippen molar-refractivity contribution in [3.63, 3.8) is 0 Å². The molecule has 1 heterocycles. The van der Waals surface area contributed by atoms with Crippen molar-refractivity contribution in [3.05, 3.63) is 28.2 Å². The molecule has 0 aromatic carbocycles. The molecule has 0 atom stereocenters. The van der Waals surface area contributed by atoms with Crippen LogP contribution in [0.1, 0.15) is 43.1 Å². The van der Waals surface area contributed by atoms with Gasteiger partial charge >= 0.3 is 0 Å². The third kappa shape index (κ3) is 3.20. The molecule has 1 amide bonds. The molecule has 1 aliphatic carbocycles. The van der Waals surface area contributed by atoms with Crippen LogP contribution in [0.5, 0.6) is 0 Å². The first-order chi connectivity index (χ1) is 9.10. The van der Waals surface area contributed by atoms with Crippen molar-refractivity contribution < 1.29 is 9.90 Å². The van der Waals surface area contributed by atoms with Crippen LogP contribution in [0.2, 0.25) is 0 Å². The van der Waals surface area contributed by atoms with Crippen molar-refractivity contribution in [2.75, 3.05) is 6.61 Å². The molecule has 6 nitrogen and oxygen atoms in total. The summed E-state index contributed by atoms with van der Waals surface area (Å²) in [4.78, 5) is 23.6. The van der Waals surface area contributed by atoms with Gasteiger partial charge in [-0.25, -0.2) is 4.68 Å². The van der Waals surface area contributed by atoms with Gasteiger partial charge in [0, 0.05) is 12.6 Å². The normalized spacial score (nSPS) is 16.1. The molecule has 0 spiro atoms. The summed E-state index contributed by atoms with van der Waals surface area (Å²) in [7, 11) is 0. The van der Waals surface area contributed by atoms with Gasteiger partial charge in [-0.1, -0.05) is 13.3 Å². The third-order valence-electron chi connectivity index (χ3n) is 3.36. The summed E-state index contributed by atoms with van der Waals surface area (Å²) in [5.74, 6) is -0.336. The van der Waals surface area contributed by atoms with Crippen molar-refractivity contribution >= 4 is 5.91 Å². The van der Waals surface area contributed by atoms with Crippen LogP contribution in [0, 0.1) is 0 Å². The Hall–Kier alpha value is -1.69. The van der Waals surface area contributed by atoms with E-state index in [1.807, 2.05) is 6.92 Å². The molecular weight excluding hydrogens is 246 g/mol. The molecule has 2 rings (SSSR count). The highest BCUT2D eigenvalue weighted by atomic mass is 16.3. The number of unbranched alkanes of at least 4 members (excludes halogenated alkanes) is 1. The predicted octanol–water partition coefficient (Wildman–Crippen LogP) is 0.298. The summed E-state index contributed by atoms with van der Waals surface area (Å²) in [6, 6.07) is 2.78. The zero-order valence-corrected chi connectivity index (χ0v) is 11.1. The quantitative estimate of drug-likeness (QED) is 0.774. The van der Waals surface area contributed by atoms with Gasteiger partial charge in [-0.15, -0.1) is 0 Å². The number of carbonyl (C=O) groups is 1. The van der Waals surface area contributed by atoms with Crippen LogP contribution in [0.25, 0.3) is 0 Å². The summed E-state index contributed by atoms with van der Waals surface area (Å²) in [5.41, 5.74) is -0.452. The smallest absolute Gasteiger partial charge is 0.272 e. The van der Waals surface area contributed by atoms with Crippen molar-refractivity contribution in [3.8, 4) is 0 Å². The second-order valence-corrected chi connectivity index (χ2v) is 5.03. The van der Waals surface area contributed by atoms with E-state index in [-0.39, 0.29) is 23.8 Å². The molecule has 104 valence electrons. The number of aromatic nitrogens is 2. The molecule has 19 heavy (non-hydrogen) atoms. The predicted molar refractivity (Wildman–Crippen MR) is 69.9 cm³/mol. The molecule has 0 bridgehead atoms. The highest BCUT2D eigenvalue weighted by Crippen LogP contribution is 2.34. The minimum absolute atomic E-state index is 0.0613. The van der Waals surface area contributed by atoms with Crippen LogP contribution in [0.3, 0.4) is 0 Å². The monoisotopic (exact) mass is 265 g/mol. The molecule has 1 fully saturated rings. The molecule has 1 aromatic heterocycles. The molecule has 1 aliphatic rings. The van der Waals surface area contributed by atoms with Gasteiger partial charge in [-0.3, -0.25) is 9.59 Å². The molecule has 0 aliphatic heterocycles. The standard InChI is InChI=1S/C13H19N3O3/c1-2-3-8-16-11(18)5-4-10(15-16)12(19)14-13(9-17)6-7-13/h4-5,17H,2-3,6-9H2,1H3,(H,14,19). The van der Waals surface area contributed by atoms with Crippen LogP contribution in [0.15, 0.2) is 16.9 Å². The van der Waals surface area contributed by atoms with Gasteiger partial charge in [0.05, 0.1) is 12.1 Å². The highest BCUT2D eigenvalue weighted by molar-refractivity contribution is 5.92. The molecule has 0 saturated heterocycles. The molecule has 0 radical (unpaired) electrons. The lowest BCUT2D eigenvalue weighted by molar-refractivity contribution is 0.0899. The average Bonchev–Trinajstić information content (AvgIpc) is 3.18. The SMILES string of the molecule is CCCCn1nc(C(=O)NC2(CO)CC2)ccc1=O. The van der Waals surface area contributed by atoms with Gasteiger partial charge in [0.1, 0.15) is 5.69 Å². The molecule has 6 heteroatoms. The number of hydrogen-bond acceptors (Lipinski definition) is 4. The van der Waals surface area contributed by atoms with E-state index in [1.165, 1.54) is 16.8 Å². The Balaban J connectivity index is 2.11. The van der Waals surface area contributed by atoms with Gasteiger partial charge in [-0.2, -0.15) is 5.10 Å². The molecule has 0 unspecified atom stereocenters. The van der Waals surface area contributed by atoms with Crippen LogP contribution >= 0.6 is 0 Å². The Kier molecular flexibility index (Phi) is 3.99. The minimum Gasteiger partial charge on any atom is -0.394 e. The lowest BCUT2D eigenvalue weighted by Crippen LogP contribution is -2.40. The fourth-order valence-electron chi connectivity index (χ4n) is 1.82. The molecular formula is C13H19N3O3. The summed E-state index contributed by atoms with van der Waals surface area (Å²) in [5, 5.41) is 16.0. The second kappa shape index (κ2) is 5.52. The summed E-state index contributed by atoms with van der Waals surface area (Å²) >= 11 is 0. The maximum atomic E-state index is 12.0. The molecule has 1 saturated carbocycles. The maximum Gasteiger partial charge on any atom is 0.272 e. The van der Waals surface area contributed by atoms with Gasteiger partial charge in [-0.05, 0) is 25.3 Å². The highest BCUT2D eigenvalue weighted by Gasteiger charge is 2.43. The zero-order valence-electron chi connectivity index (χ0n) is 11.1. The number of carbonyl (C=O) groups excluding carboxylic acids is 1. The Morgan fingerprint density at radius 2 is 2.26 bits per heavy atom. The Morgan fingerprint density at radius 1 is 1.53 bits per heavy atom. The van der Waals surface area contributed by atoms with E-state index in [4.69, 9.17) is 0 Å². The van der Waals surface area contributed by atoms with Gasteiger partial charge < -0.3 is 10.4 Å². The van der Waals surface area contributed by atoms with Crippen molar-refractivity contribution in [1.29, 1.82) is 0 Å². The number of hydrogen-bond donors (Lipinski definition) is 2. The van der Waals surface area contributed by atoms with Crippen molar-refractivity contribution in [2.45, 2.75) is 44.7 Å². The van der Waals surface area contributed by atoms with Gasteiger partial charge in [0.2, 0.25) is 0 Å². The van der Waals surface area contributed by atoms with Crippen LogP contribution in [0.4, 0.5) is 0 Å². The fraction of sp³-hybridized carbons (Fsp3) is 0.615. The van der Waals surface area contributed by atoms with Crippen LogP contribution < -0.4 is 10.9 Å². The van der Waals surface area contributed by atoms with E-state index in [0.29, 0.717) is 6.54 Å². The second-order valence-electron chi connectivity index (χ2n) is 5.03. The van der Waals surface area contributed by atoms with E-state index in [2.05, 4.69) is 10.4 Å². The zero-order chi connectivity index (χ0) is 13.9. The molecule has 2 N–H and O–H groups in total. The van der Waals surface area contributed by atoms with E-state index in [9.17, 15) is 14.7 Å². The van der Waals surface area contributed by atoms with Crippen molar-refractivity contribution in [1.82, 2.24) is 15.1 Å². The lowest BCUT2D eigenvalue weighted by Gasteiger charge is -2.14. The van der Waals surface area contributed by atoms with E-state index >= 15 is 0 Å². The number of aryl methyl sites for hydroxylation is 1. The summed E-state index contributed by atoms with van der Waals surface area (Å²) in [6.45, 7) is 2.48. The summed E-state index contributed by atoms with van der Waals surface area (Å²) in [6.07, 6.45) is 3.37. The Bertz CT molecular complexity index is 520. The van der Waals surface area contributed by atoms with Crippen LogP contribution in [-0.4, -0.2) is 32.9 Å². The number of nitrogens with zero attached hydrogens (tertiary/aromatic N) is 2. The topological polar surface area (TPSA) is 84.2 Å². The van der Waals surface area contributed by atoms with Gasteiger partial charge in [0.15, 0.2) is 0 Å². The number of aliphatic hydroxyl groups is 1. The third-order valence-corrected chi connectivity index (χ3v) is 3.36. The fourth-order valence-corrected chi connectivity index (χ4v) is 1.82. The largest absolute Gasteiger partial charge is 0.394 e. The number of rotatable bonds is 6. The Labute approximate surface area is 111 Å². The Morgan fingerprint density at radius 3 is 2.84 bits per heavy atom. The minimum atomic E-state index is -0.469. The maximum absolute atomic E-state index is 12.0. The van der Waals surface area contributed by atoms with Gasteiger partial charge in [0.25, 0.3) is 11.5 Å². The number of amides is 1. The lowest BCUT2D eigenvalue weighted by atomic mass is 10.2. The van der Waals surface area contributed by atoms with Crippen molar-refractivity contribution in [2.24, 2.45) is 0 Å². The first kappa shape index (κ1) is 13.7. The number of aliphatic hydroxyl groups excluding tert-OH is 1. The van der Waals surface area contributed by atoms with E-state index < -0.39 is 5.54 Å². The number of nitrogens with one attached hydrogen (secondary N) is 1. The molecule has 1 aromatic rings. The first-order valence-corrected chi connectivity index (χ1v) is 6.62. The first-order valence-electron chi connectivity index (χ1n) is 6.62. The average molecular weight is 265 g/mol.